The quantitative estimate of drug-likeness (QED) is 0.689. The highest BCUT2D eigenvalue weighted by molar-refractivity contribution is 6.07. The SMILES string of the molecule is Cc1ccc2nc(C)c(C(=O)N3c4ccccc4CC3C)n2c1. The summed E-state index contributed by atoms with van der Waals surface area (Å²) in [6, 6.07) is 12.3. The van der Waals surface area contributed by atoms with Gasteiger partial charge in [0.05, 0.1) is 5.69 Å². The third kappa shape index (κ3) is 2.05. The van der Waals surface area contributed by atoms with E-state index in [1.807, 2.05) is 59.7 Å². The van der Waals surface area contributed by atoms with Gasteiger partial charge in [-0.3, -0.25) is 9.20 Å². The first-order chi connectivity index (χ1) is 11.1. The molecule has 3 aromatic rings. The highest BCUT2D eigenvalue weighted by Crippen LogP contribution is 2.33. The summed E-state index contributed by atoms with van der Waals surface area (Å²) in [5.74, 6) is 0.0260. The lowest BCUT2D eigenvalue weighted by Crippen LogP contribution is -2.36. The van der Waals surface area contributed by atoms with E-state index in [0.717, 1.165) is 29.0 Å². The van der Waals surface area contributed by atoms with Crippen LogP contribution >= 0.6 is 0 Å². The first kappa shape index (κ1) is 14.0. The van der Waals surface area contributed by atoms with Gasteiger partial charge < -0.3 is 4.90 Å². The first-order valence-corrected chi connectivity index (χ1v) is 7.93. The number of rotatable bonds is 1. The number of fused-ring (bicyclic) bond motifs is 2. The van der Waals surface area contributed by atoms with Gasteiger partial charge in [0.1, 0.15) is 11.3 Å². The topological polar surface area (TPSA) is 37.6 Å². The molecule has 0 saturated heterocycles. The lowest BCUT2D eigenvalue weighted by Gasteiger charge is -2.22. The number of imidazole rings is 1. The Hall–Kier alpha value is -2.62. The fourth-order valence-corrected chi connectivity index (χ4v) is 3.52. The number of anilines is 1. The van der Waals surface area contributed by atoms with Crippen molar-refractivity contribution in [3.05, 3.63) is 65.1 Å². The Kier molecular flexibility index (Phi) is 3.01. The molecule has 0 bridgehead atoms. The molecule has 1 amide bonds. The van der Waals surface area contributed by atoms with Crippen LogP contribution in [0.15, 0.2) is 42.6 Å². The van der Waals surface area contributed by atoms with Crippen molar-refractivity contribution in [1.82, 2.24) is 9.38 Å². The molecule has 0 N–H and O–H groups in total. The Labute approximate surface area is 135 Å². The van der Waals surface area contributed by atoms with Gasteiger partial charge in [-0.2, -0.15) is 0 Å². The zero-order valence-corrected chi connectivity index (χ0v) is 13.6. The van der Waals surface area contributed by atoms with Crippen LogP contribution in [-0.2, 0) is 6.42 Å². The molecule has 116 valence electrons. The van der Waals surface area contributed by atoms with Gasteiger partial charge in [-0.05, 0) is 50.5 Å². The molecule has 23 heavy (non-hydrogen) atoms. The Morgan fingerprint density at radius 2 is 1.96 bits per heavy atom. The van der Waals surface area contributed by atoms with Gasteiger partial charge in [0.2, 0.25) is 0 Å². The summed E-state index contributed by atoms with van der Waals surface area (Å²) in [5.41, 5.74) is 5.61. The van der Waals surface area contributed by atoms with E-state index in [1.165, 1.54) is 5.56 Å². The maximum atomic E-state index is 13.3. The molecule has 0 fully saturated rings. The molecule has 1 aliphatic heterocycles. The van der Waals surface area contributed by atoms with E-state index in [2.05, 4.69) is 18.0 Å². The summed E-state index contributed by atoms with van der Waals surface area (Å²) in [6.45, 7) is 6.03. The molecule has 0 saturated carbocycles. The number of para-hydroxylation sites is 1. The van der Waals surface area contributed by atoms with Gasteiger partial charge in [-0.25, -0.2) is 4.98 Å². The van der Waals surface area contributed by atoms with Crippen molar-refractivity contribution in [2.24, 2.45) is 0 Å². The molecule has 4 nitrogen and oxygen atoms in total. The largest absolute Gasteiger partial charge is 0.304 e. The Bertz CT molecular complexity index is 926. The first-order valence-electron chi connectivity index (χ1n) is 7.93. The molecular weight excluding hydrogens is 286 g/mol. The highest BCUT2D eigenvalue weighted by atomic mass is 16.2. The number of benzene rings is 1. The molecule has 3 heterocycles. The van der Waals surface area contributed by atoms with Crippen molar-refractivity contribution in [3.63, 3.8) is 0 Å². The zero-order chi connectivity index (χ0) is 16.1. The normalized spacial score (nSPS) is 16.8. The van der Waals surface area contributed by atoms with E-state index >= 15 is 0 Å². The van der Waals surface area contributed by atoms with Crippen molar-refractivity contribution in [1.29, 1.82) is 0 Å². The summed E-state index contributed by atoms with van der Waals surface area (Å²) in [7, 11) is 0. The Morgan fingerprint density at radius 3 is 2.78 bits per heavy atom. The third-order valence-electron chi connectivity index (χ3n) is 4.57. The van der Waals surface area contributed by atoms with E-state index in [0.29, 0.717) is 5.69 Å². The van der Waals surface area contributed by atoms with Gasteiger partial charge in [0.15, 0.2) is 0 Å². The number of pyridine rings is 1. The summed E-state index contributed by atoms with van der Waals surface area (Å²) >= 11 is 0. The van der Waals surface area contributed by atoms with Crippen LogP contribution in [0.5, 0.6) is 0 Å². The fourth-order valence-electron chi connectivity index (χ4n) is 3.52. The number of aryl methyl sites for hydroxylation is 2. The van der Waals surface area contributed by atoms with Gasteiger partial charge >= 0.3 is 0 Å². The van der Waals surface area contributed by atoms with Crippen LogP contribution in [0.1, 0.15) is 34.2 Å². The average molecular weight is 305 g/mol. The fraction of sp³-hybridized carbons (Fsp3) is 0.263. The molecule has 1 unspecified atom stereocenters. The van der Waals surface area contributed by atoms with E-state index < -0.39 is 0 Å². The van der Waals surface area contributed by atoms with Gasteiger partial charge in [0.25, 0.3) is 5.91 Å². The van der Waals surface area contributed by atoms with Gasteiger partial charge in [-0.15, -0.1) is 0 Å². The standard InChI is InChI=1S/C19H19N3O/c1-12-8-9-17-20-14(3)18(21(17)11-12)19(23)22-13(2)10-15-6-4-5-7-16(15)22/h4-9,11,13H,10H2,1-3H3. The average Bonchev–Trinajstić information content (AvgIpc) is 3.01. The molecule has 0 radical (unpaired) electrons. The molecular formula is C19H19N3O. The zero-order valence-electron chi connectivity index (χ0n) is 13.6. The molecule has 1 aliphatic rings. The van der Waals surface area contributed by atoms with Crippen LogP contribution in [0.4, 0.5) is 5.69 Å². The smallest absolute Gasteiger partial charge is 0.277 e. The lowest BCUT2D eigenvalue weighted by atomic mass is 10.1. The van der Waals surface area contributed by atoms with Crippen molar-refractivity contribution in [2.75, 3.05) is 4.90 Å². The van der Waals surface area contributed by atoms with Crippen molar-refractivity contribution in [2.45, 2.75) is 33.2 Å². The number of amides is 1. The van der Waals surface area contributed by atoms with E-state index in [9.17, 15) is 4.79 Å². The minimum absolute atomic E-state index is 0.0260. The van der Waals surface area contributed by atoms with Gasteiger partial charge in [0, 0.05) is 17.9 Å². The second-order valence-corrected chi connectivity index (χ2v) is 6.34. The minimum atomic E-state index is 0.0260. The number of carbonyl (C=O) groups is 1. The number of aromatic nitrogens is 2. The molecule has 1 aromatic carbocycles. The summed E-state index contributed by atoms with van der Waals surface area (Å²) in [5, 5.41) is 0. The third-order valence-corrected chi connectivity index (χ3v) is 4.57. The van der Waals surface area contributed by atoms with Crippen LogP contribution in [0.2, 0.25) is 0 Å². The molecule has 1 atom stereocenters. The Balaban J connectivity index is 1.87. The van der Waals surface area contributed by atoms with Crippen LogP contribution in [0.3, 0.4) is 0 Å². The summed E-state index contributed by atoms with van der Waals surface area (Å²) in [6.07, 6.45) is 2.88. The van der Waals surface area contributed by atoms with Crippen LogP contribution in [-0.4, -0.2) is 21.3 Å². The molecule has 0 spiro atoms. The molecule has 2 aromatic heterocycles. The summed E-state index contributed by atoms with van der Waals surface area (Å²) < 4.78 is 1.92. The predicted octanol–water partition coefficient (Wildman–Crippen LogP) is 3.54. The summed E-state index contributed by atoms with van der Waals surface area (Å²) in [4.78, 5) is 19.7. The molecule has 4 rings (SSSR count). The van der Waals surface area contributed by atoms with E-state index in [-0.39, 0.29) is 11.9 Å². The van der Waals surface area contributed by atoms with Crippen molar-refractivity contribution >= 4 is 17.2 Å². The Morgan fingerprint density at radius 1 is 1.17 bits per heavy atom. The number of hydrogen-bond acceptors (Lipinski definition) is 2. The molecule has 4 heteroatoms. The monoisotopic (exact) mass is 305 g/mol. The second kappa shape index (κ2) is 4.95. The predicted molar refractivity (Wildman–Crippen MR) is 91.1 cm³/mol. The maximum Gasteiger partial charge on any atom is 0.277 e. The highest BCUT2D eigenvalue weighted by Gasteiger charge is 2.33. The second-order valence-electron chi connectivity index (χ2n) is 6.34. The van der Waals surface area contributed by atoms with E-state index in [1.54, 1.807) is 0 Å². The number of hydrogen-bond donors (Lipinski definition) is 0. The van der Waals surface area contributed by atoms with Crippen LogP contribution in [0.25, 0.3) is 5.65 Å². The van der Waals surface area contributed by atoms with Crippen LogP contribution in [0, 0.1) is 13.8 Å². The minimum Gasteiger partial charge on any atom is -0.304 e. The van der Waals surface area contributed by atoms with Crippen LogP contribution < -0.4 is 4.90 Å². The number of nitrogens with zero attached hydrogens (tertiary/aromatic N) is 3. The van der Waals surface area contributed by atoms with Crippen molar-refractivity contribution in [3.8, 4) is 0 Å². The van der Waals surface area contributed by atoms with Gasteiger partial charge in [-0.1, -0.05) is 24.3 Å². The maximum absolute atomic E-state index is 13.3. The molecule has 0 aliphatic carbocycles. The lowest BCUT2D eigenvalue weighted by molar-refractivity contribution is 0.0975. The number of carbonyl (C=O) groups excluding carboxylic acids is 1. The van der Waals surface area contributed by atoms with E-state index in [4.69, 9.17) is 0 Å². The van der Waals surface area contributed by atoms with Crippen molar-refractivity contribution < 1.29 is 4.79 Å².